The van der Waals surface area contributed by atoms with Crippen LogP contribution in [0.25, 0.3) is 11.3 Å². The Bertz CT molecular complexity index is 713. The Hall–Kier alpha value is -2.35. The zero-order valence-corrected chi connectivity index (χ0v) is 11.9. The monoisotopic (exact) mass is 298 g/mol. The number of benzene rings is 1. The van der Waals surface area contributed by atoms with Crippen LogP contribution in [-0.2, 0) is 13.7 Å². The Morgan fingerprint density at radius 1 is 1.33 bits per heavy atom. The molecule has 21 heavy (non-hydrogen) atoms. The number of aromatic nitrogens is 2. The fraction of sp³-hybridized carbons (Fsp3) is 0.308. The highest BCUT2D eigenvalue weighted by Crippen LogP contribution is 2.31. The fourth-order valence-corrected chi connectivity index (χ4v) is 2.19. The number of nitrogens with zero attached hydrogens (tertiary/aromatic N) is 2. The summed E-state index contributed by atoms with van der Waals surface area (Å²) in [4.78, 5) is 12.0. The fourth-order valence-electron chi connectivity index (χ4n) is 2.19. The van der Waals surface area contributed by atoms with Gasteiger partial charge in [0.15, 0.2) is 0 Å². The molecule has 0 radical (unpaired) electrons. The molecule has 1 aromatic carbocycles. The maximum atomic E-state index is 14.2. The van der Waals surface area contributed by atoms with Gasteiger partial charge in [0.05, 0.1) is 25.0 Å². The normalized spacial score (nSPS) is 10.9. The van der Waals surface area contributed by atoms with Gasteiger partial charge in [0.25, 0.3) is 5.56 Å². The zero-order chi connectivity index (χ0) is 15.7. The quantitative estimate of drug-likeness (QED) is 0.879. The lowest BCUT2D eigenvalue weighted by Gasteiger charge is -2.11. The van der Waals surface area contributed by atoms with Gasteiger partial charge in [0.1, 0.15) is 23.1 Å². The van der Waals surface area contributed by atoms with Crippen molar-refractivity contribution in [3.05, 3.63) is 34.1 Å². The molecule has 6 nitrogen and oxygen atoms in total. The molecule has 0 bridgehead atoms. The second-order valence-electron chi connectivity index (χ2n) is 4.47. The molecule has 1 aromatic heterocycles. The van der Waals surface area contributed by atoms with Gasteiger partial charge in [-0.2, -0.15) is 0 Å². The molecule has 0 saturated heterocycles. The van der Waals surface area contributed by atoms with Crippen molar-refractivity contribution in [2.75, 3.05) is 19.9 Å². The molecule has 0 aliphatic carbocycles. The predicted molar refractivity (Wildman–Crippen MR) is 75.0 cm³/mol. The number of methoxy groups -OCH3 is 1. The summed E-state index contributed by atoms with van der Waals surface area (Å²) >= 11 is 0. The van der Waals surface area contributed by atoms with E-state index >= 15 is 0 Å². The maximum absolute atomic E-state index is 14.2. The van der Waals surface area contributed by atoms with Crippen LogP contribution in [0.3, 0.4) is 0 Å². The van der Waals surface area contributed by atoms with Gasteiger partial charge in [-0.15, -0.1) is 0 Å². The van der Waals surface area contributed by atoms with Crippen molar-refractivity contribution in [3.8, 4) is 17.0 Å². The van der Waals surface area contributed by atoms with E-state index in [1.807, 2.05) is 0 Å². The Balaban J connectivity index is 2.74. The van der Waals surface area contributed by atoms with Crippen LogP contribution in [0.5, 0.6) is 5.75 Å². The highest BCUT2D eigenvalue weighted by atomic mass is 19.1. The second-order valence-corrected chi connectivity index (χ2v) is 4.47. The number of hydrogen-bond donors (Lipinski definition) is 2. The van der Waals surface area contributed by atoms with Crippen LogP contribution >= 0.6 is 0 Å². The second kappa shape index (κ2) is 5.57. The minimum Gasteiger partial charge on any atom is -0.497 e. The van der Waals surface area contributed by atoms with Crippen molar-refractivity contribution in [3.63, 3.8) is 0 Å². The third-order valence-corrected chi connectivity index (χ3v) is 3.20. The van der Waals surface area contributed by atoms with Crippen molar-refractivity contribution < 1.29 is 13.5 Å². The Morgan fingerprint density at radius 3 is 2.38 bits per heavy atom. The SMILES string of the molecule is CNCn1c(=O)c(N)c(-c2c(F)cc(OC)cc2F)n1C. The van der Waals surface area contributed by atoms with Gasteiger partial charge >= 0.3 is 0 Å². The number of anilines is 1. The Morgan fingerprint density at radius 2 is 1.90 bits per heavy atom. The van der Waals surface area contributed by atoms with Gasteiger partial charge in [-0.1, -0.05) is 0 Å². The first-order valence-corrected chi connectivity index (χ1v) is 6.15. The molecule has 114 valence electrons. The number of hydrogen-bond acceptors (Lipinski definition) is 4. The number of nitrogens with one attached hydrogen (secondary N) is 1. The van der Waals surface area contributed by atoms with Crippen molar-refractivity contribution in [1.29, 1.82) is 0 Å². The molecule has 0 aliphatic rings. The van der Waals surface area contributed by atoms with Crippen molar-refractivity contribution in [2.24, 2.45) is 7.05 Å². The molecule has 0 atom stereocenters. The Labute approximate surface area is 119 Å². The van der Waals surface area contributed by atoms with Crippen molar-refractivity contribution in [1.82, 2.24) is 14.7 Å². The molecule has 0 aliphatic heterocycles. The van der Waals surface area contributed by atoms with E-state index in [4.69, 9.17) is 10.5 Å². The Kier molecular flexibility index (Phi) is 3.99. The largest absolute Gasteiger partial charge is 0.497 e. The van der Waals surface area contributed by atoms with Crippen LogP contribution in [0, 0.1) is 11.6 Å². The molecule has 3 N–H and O–H groups in total. The molecule has 0 unspecified atom stereocenters. The molecular weight excluding hydrogens is 282 g/mol. The first-order valence-electron chi connectivity index (χ1n) is 6.15. The van der Waals surface area contributed by atoms with Crippen molar-refractivity contribution in [2.45, 2.75) is 6.67 Å². The third kappa shape index (κ3) is 2.38. The average Bonchev–Trinajstić information content (AvgIpc) is 2.64. The van der Waals surface area contributed by atoms with Crippen LogP contribution in [0.15, 0.2) is 16.9 Å². The highest BCUT2D eigenvalue weighted by Gasteiger charge is 2.23. The van der Waals surface area contributed by atoms with Gasteiger partial charge in [0, 0.05) is 19.2 Å². The molecule has 0 spiro atoms. The van der Waals surface area contributed by atoms with Gasteiger partial charge in [-0.05, 0) is 7.05 Å². The summed E-state index contributed by atoms with van der Waals surface area (Å²) in [5, 5.41) is 2.78. The zero-order valence-electron chi connectivity index (χ0n) is 11.9. The molecule has 2 rings (SSSR count). The number of nitrogen functional groups attached to an aromatic ring is 1. The lowest BCUT2D eigenvalue weighted by atomic mass is 10.1. The lowest BCUT2D eigenvalue weighted by Crippen LogP contribution is -2.28. The third-order valence-electron chi connectivity index (χ3n) is 3.20. The summed E-state index contributed by atoms with van der Waals surface area (Å²) in [7, 11) is 4.46. The van der Waals surface area contributed by atoms with Gasteiger partial charge in [-0.25, -0.2) is 13.5 Å². The molecule has 2 aromatic rings. The molecule has 0 amide bonds. The minimum atomic E-state index is -0.851. The van der Waals surface area contributed by atoms with Crippen molar-refractivity contribution >= 4 is 5.69 Å². The first-order chi connectivity index (χ1) is 9.92. The van der Waals surface area contributed by atoms with Crippen LogP contribution in [0.4, 0.5) is 14.5 Å². The number of halogens is 2. The van der Waals surface area contributed by atoms with E-state index < -0.39 is 17.2 Å². The summed E-state index contributed by atoms with van der Waals surface area (Å²) in [5.41, 5.74) is 4.63. The van der Waals surface area contributed by atoms with E-state index in [0.717, 1.165) is 12.1 Å². The van der Waals surface area contributed by atoms with Gasteiger partial charge in [-0.3, -0.25) is 9.48 Å². The van der Waals surface area contributed by atoms with E-state index in [-0.39, 0.29) is 29.4 Å². The van der Waals surface area contributed by atoms with Crippen LogP contribution < -0.4 is 21.3 Å². The highest BCUT2D eigenvalue weighted by molar-refractivity contribution is 5.74. The first kappa shape index (κ1) is 15.0. The van der Waals surface area contributed by atoms with Gasteiger partial charge < -0.3 is 15.8 Å². The van der Waals surface area contributed by atoms with Crippen LogP contribution in [0.1, 0.15) is 0 Å². The summed E-state index contributed by atoms with van der Waals surface area (Å²) in [6, 6.07) is 2.08. The van der Waals surface area contributed by atoms with E-state index in [1.165, 1.54) is 23.5 Å². The van der Waals surface area contributed by atoms with E-state index in [9.17, 15) is 13.6 Å². The minimum absolute atomic E-state index is 0.00657. The topological polar surface area (TPSA) is 74.2 Å². The van der Waals surface area contributed by atoms with Gasteiger partial charge in [0.2, 0.25) is 0 Å². The average molecular weight is 298 g/mol. The standard InChI is InChI=1S/C13H16F2N4O2/c1-17-6-19-13(20)11(16)12(18(19)2)10-8(14)4-7(21-3)5-9(10)15/h4-5,17H,6,16H2,1-3H3. The number of rotatable bonds is 4. The summed E-state index contributed by atoms with van der Waals surface area (Å²) in [5.74, 6) is -1.65. The molecular formula is C13H16F2N4O2. The van der Waals surface area contributed by atoms with Crippen LogP contribution in [-0.4, -0.2) is 23.5 Å². The molecule has 8 heteroatoms. The van der Waals surface area contributed by atoms with E-state index in [2.05, 4.69) is 5.32 Å². The van der Waals surface area contributed by atoms with E-state index in [1.54, 1.807) is 7.05 Å². The summed E-state index contributed by atoms with van der Waals surface area (Å²) < 4.78 is 35.7. The number of nitrogens with two attached hydrogens (primary N) is 1. The number of ether oxygens (including phenoxy) is 1. The van der Waals surface area contributed by atoms with E-state index in [0.29, 0.717) is 0 Å². The summed E-state index contributed by atoms with van der Waals surface area (Å²) in [6.07, 6.45) is 0. The molecule has 0 saturated carbocycles. The molecule has 0 fully saturated rings. The maximum Gasteiger partial charge on any atom is 0.291 e. The summed E-state index contributed by atoms with van der Waals surface area (Å²) in [6.45, 7) is 0.166. The van der Waals surface area contributed by atoms with Crippen LogP contribution in [0.2, 0.25) is 0 Å². The predicted octanol–water partition coefficient (Wildman–Crippen LogP) is 0.900. The smallest absolute Gasteiger partial charge is 0.291 e. The molecule has 1 heterocycles. The lowest BCUT2D eigenvalue weighted by molar-refractivity contribution is 0.407.